The molecule has 32 heavy (non-hydrogen) atoms. The molecule has 0 fully saturated rings. The fourth-order valence-corrected chi connectivity index (χ4v) is 4.86. The van der Waals surface area contributed by atoms with Crippen LogP contribution >= 0.6 is 10.8 Å². The Morgan fingerprint density at radius 3 is 2.47 bits per heavy atom. The molecule has 0 aliphatic carbocycles. The van der Waals surface area contributed by atoms with Crippen molar-refractivity contribution in [3.63, 3.8) is 0 Å². The van der Waals surface area contributed by atoms with Gasteiger partial charge in [0, 0.05) is 28.6 Å². The van der Waals surface area contributed by atoms with Crippen molar-refractivity contribution in [2.24, 2.45) is 0 Å². The first-order chi connectivity index (χ1) is 15.5. The number of benzene rings is 3. The summed E-state index contributed by atoms with van der Waals surface area (Å²) in [4.78, 5) is 24.7. The fourth-order valence-electron chi connectivity index (χ4n) is 3.36. The molecule has 0 aromatic heterocycles. The Kier molecular flexibility index (Phi) is 6.31. The molecule has 3 N–H and O–H groups in total. The number of fused-ring (bicyclic) bond motifs is 1. The lowest BCUT2D eigenvalue weighted by atomic mass is 10.1. The Morgan fingerprint density at radius 1 is 1.09 bits per heavy atom. The third kappa shape index (κ3) is 4.54. The van der Waals surface area contributed by atoms with Gasteiger partial charge in [-0.1, -0.05) is 48.0 Å². The molecule has 3 aromatic carbocycles. The molecular weight excluding hydrogens is 428 g/mol. The van der Waals surface area contributed by atoms with Gasteiger partial charge in [0.1, 0.15) is 11.2 Å². The molecule has 1 heterocycles. The molecule has 164 valence electrons. The maximum atomic E-state index is 13.3. The van der Waals surface area contributed by atoms with Gasteiger partial charge in [0.05, 0.1) is 22.6 Å². The van der Waals surface area contributed by atoms with E-state index >= 15 is 0 Å². The summed E-state index contributed by atoms with van der Waals surface area (Å²) in [6, 6.07) is 20.8. The number of carbonyl (C=O) groups excluding carboxylic acids is 1. The maximum absolute atomic E-state index is 13.3. The largest absolute Gasteiger partial charge is 0.338 e. The molecule has 8 nitrogen and oxygen atoms in total. The summed E-state index contributed by atoms with van der Waals surface area (Å²) in [5.74, 6) is -0.240. The van der Waals surface area contributed by atoms with Gasteiger partial charge in [-0.15, -0.1) is 0 Å². The lowest BCUT2D eigenvalue weighted by molar-refractivity contribution is -0.384. The van der Waals surface area contributed by atoms with Crippen LogP contribution in [0, 0.1) is 17.0 Å². The smallest absolute Gasteiger partial charge is 0.271 e. The van der Waals surface area contributed by atoms with E-state index < -0.39 is 21.7 Å². The van der Waals surface area contributed by atoms with Crippen LogP contribution in [-0.2, 0) is 8.98 Å². The van der Waals surface area contributed by atoms with E-state index in [1.807, 2.05) is 61.5 Å². The van der Waals surface area contributed by atoms with Crippen LogP contribution in [0.3, 0.4) is 0 Å². The van der Waals surface area contributed by atoms with Gasteiger partial charge in [0.25, 0.3) is 5.69 Å². The number of hydrogen-bond acceptors (Lipinski definition) is 6. The zero-order valence-electron chi connectivity index (χ0n) is 17.5. The highest BCUT2D eigenvalue weighted by Crippen LogP contribution is 2.42. The third-order valence-electron chi connectivity index (χ3n) is 4.96. The number of hydrogen-bond donors (Lipinski definition) is 3. The Balaban J connectivity index is 1.64. The van der Waals surface area contributed by atoms with Crippen LogP contribution in [0.5, 0.6) is 0 Å². The second-order valence-corrected chi connectivity index (χ2v) is 8.89. The molecule has 0 radical (unpaired) electrons. The van der Waals surface area contributed by atoms with Crippen molar-refractivity contribution in [1.29, 1.82) is 0 Å². The zero-order valence-corrected chi connectivity index (χ0v) is 18.3. The number of anilines is 2. The van der Waals surface area contributed by atoms with Gasteiger partial charge in [-0.05, 0) is 30.7 Å². The zero-order chi connectivity index (χ0) is 22.7. The summed E-state index contributed by atoms with van der Waals surface area (Å²) in [5, 5.41) is 21.1. The number of aryl methyl sites for hydroxylation is 1. The lowest BCUT2D eigenvalue weighted by Crippen LogP contribution is -2.39. The van der Waals surface area contributed by atoms with E-state index in [2.05, 4.69) is 16.0 Å². The maximum Gasteiger partial charge on any atom is 0.271 e. The third-order valence-corrected chi connectivity index (χ3v) is 6.64. The highest BCUT2D eigenvalue weighted by atomic mass is 32.2. The van der Waals surface area contributed by atoms with E-state index in [9.17, 15) is 14.9 Å². The van der Waals surface area contributed by atoms with Crippen LogP contribution in [0.1, 0.15) is 17.2 Å². The van der Waals surface area contributed by atoms with Crippen molar-refractivity contribution in [2.45, 2.75) is 17.9 Å². The number of nitrogens with zero attached hydrogens (tertiary/aromatic N) is 1. The predicted octanol–water partition coefficient (Wildman–Crippen LogP) is 4.57. The minimum absolute atomic E-state index is 0.0196. The highest BCUT2D eigenvalue weighted by molar-refractivity contribution is 8.12. The number of nitro groups is 1. The Bertz CT molecular complexity index is 1200. The van der Waals surface area contributed by atoms with Crippen LogP contribution in [0.15, 0.2) is 77.7 Å². The first kappa shape index (κ1) is 21.7. The van der Waals surface area contributed by atoms with Gasteiger partial charge in [-0.2, -0.15) is 0 Å². The van der Waals surface area contributed by atoms with E-state index in [0.717, 1.165) is 16.0 Å². The van der Waals surface area contributed by atoms with Crippen molar-refractivity contribution < 1.29 is 13.9 Å². The normalized spacial score (nSPS) is 15.6. The Morgan fingerprint density at radius 2 is 1.81 bits per heavy atom. The minimum atomic E-state index is -0.837. The van der Waals surface area contributed by atoms with Crippen molar-refractivity contribution in [1.82, 2.24) is 5.32 Å². The highest BCUT2D eigenvalue weighted by Gasteiger charge is 2.28. The predicted molar refractivity (Wildman–Crippen MR) is 127 cm³/mol. The number of non-ortho nitro benzene ring substituents is 1. The Hall–Kier alpha value is -3.53. The molecule has 9 heteroatoms. The van der Waals surface area contributed by atoms with Crippen molar-refractivity contribution in [3.05, 3.63) is 94.0 Å². The summed E-state index contributed by atoms with van der Waals surface area (Å²) in [7, 11) is 0.725. The minimum Gasteiger partial charge on any atom is -0.338 e. The average Bonchev–Trinajstić information content (AvgIpc) is 3.15. The van der Waals surface area contributed by atoms with Crippen molar-refractivity contribution >= 4 is 38.8 Å². The first-order valence-corrected chi connectivity index (χ1v) is 11.0. The Labute approximate surface area is 187 Å². The summed E-state index contributed by atoms with van der Waals surface area (Å²) in [6.45, 7) is 1.98. The number of amides is 1. The van der Waals surface area contributed by atoms with Gasteiger partial charge in [-0.25, -0.2) is 0 Å². The summed E-state index contributed by atoms with van der Waals surface area (Å²) < 4.78 is 5.66. The van der Waals surface area contributed by atoms with Gasteiger partial charge in [0.15, 0.2) is 0 Å². The molecular formula is C23H22N4O4S. The molecule has 0 bridgehead atoms. The number of rotatable bonds is 6. The molecule has 1 aliphatic rings. The second-order valence-electron chi connectivity index (χ2n) is 7.17. The summed E-state index contributed by atoms with van der Waals surface area (Å²) in [6.07, 6.45) is 0. The first-order valence-electron chi connectivity index (χ1n) is 9.86. The van der Waals surface area contributed by atoms with Gasteiger partial charge in [0.2, 0.25) is 5.91 Å². The molecule has 2 atom stereocenters. The summed E-state index contributed by atoms with van der Waals surface area (Å²) in [5.41, 5.74) is 3.12. The molecule has 0 saturated carbocycles. The monoisotopic (exact) mass is 450 g/mol. The molecule has 1 aliphatic heterocycles. The van der Waals surface area contributed by atoms with Crippen molar-refractivity contribution in [3.8, 4) is 0 Å². The number of carbonyl (C=O) groups is 1. The SMILES string of the molecule is COS1=C(NC(C(=O)Nc2ccc(C)cc2)c2ccccc2)Nc2cc([N+](=O)[O-])ccc21. The van der Waals surface area contributed by atoms with E-state index in [1.165, 1.54) is 12.1 Å². The van der Waals surface area contributed by atoms with E-state index in [1.54, 1.807) is 13.2 Å². The van der Waals surface area contributed by atoms with Crippen LogP contribution in [0.25, 0.3) is 0 Å². The van der Waals surface area contributed by atoms with E-state index in [0.29, 0.717) is 16.5 Å². The lowest BCUT2D eigenvalue weighted by Gasteiger charge is -2.20. The molecule has 1 amide bonds. The molecule has 0 saturated heterocycles. The average molecular weight is 451 g/mol. The summed E-state index contributed by atoms with van der Waals surface area (Å²) >= 11 is 0. The molecule has 3 aromatic rings. The molecule has 0 spiro atoms. The van der Waals surface area contributed by atoms with Crippen LogP contribution in [0.2, 0.25) is 0 Å². The molecule has 4 rings (SSSR count). The van der Waals surface area contributed by atoms with Gasteiger partial charge in [-0.3, -0.25) is 20.2 Å². The van der Waals surface area contributed by atoms with E-state index in [4.69, 9.17) is 4.18 Å². The van der Waals surface area contributed by atoms with Crippen LogP contribution < -0.4 is 16.0 Å². The quantitative estimate of drug-likeness (QED) is 0.289. The van der Waals surface area contributed by atoms with Gasteiger partial charge >= 0.3 is 0 Å². The van der Waals surface area contributed by atoms with Crippen molar-refractivity contribution in [2.75, 3.05) is 17.7 Å². The molecule has 2 unspecified atom stereocenters. The number of nitrogens with one attached hydrogen (secondary N) is 3. The van der Waals surface area contributed by atoms with Crippen LogP contribution in [0.4, 0.5) is 17.1 Å². The standard InChI is InChI=1S/C23H22N4O4S/c1-15-8-10-17(11-9-15)24-22(28)21(16-6-4-3-5-7-16)26-23-25-19-14-18(27(29)30)12-13-20(19)32(23)31-2/h3-14,21,25-26H,1-2H3,(H,24,28). The number of nitro benzene ring substituents is 1. The van der Waals surface area contributed by atoms with Gasteiger partial charge < -0.3 is 14.8 Å². The second kappa shape index (κ2) is 9.31. The fraction of sp³-hybridized carbons (Fsp3) is 0.130. The topological polar surface area (TPSA) is 106 Å². The van der Waals surface area contributed by atoms with E-state index in [-0.39, 0.29) is 11.6 Å². The van der Waals surface area contributed by atoms with Crippen LogP contribution in [-0.4, -0.2) is 23.1 Å².